The molecule has 2 aliphatic carbocycles. The Balaban J connectivity index is 0.805. The highest BCUT2D eigenvalue weighted by atomic mass is 32.2. The largest absolute Gasteiger partial charge is 0.474 e. The van der Waals surface area contributed by atoms with Gasteiger partial charge in [-0.15, -0.1) is 0 Å². The molecule has 1 spiro atoms. The van der Waals surface area contributed by atoms with Crippen LogP contribution in [0.3, 0.4) is 0 Å². The van der Waals surface area contributed by atoms with Crippen LogP contribution in [0, 0.1) is 15.5 Å². The van der Waals surface area contributed by atoms with Crippen molar-refractivity contribution in [3.63, 3.8) is 0 Å². The highest BCUT2D eigenvalue weighted by Crippen LogP contribution is 2.55. The second kappa shape index (κ2) is 16.4. The number of likely N-dealkylation sites (tertiary alicyclic amines) is 1. The molecule has 4 fully saturated rings. The number of nitro groups is 1. The van der Waals surface area contributed by atoms with E-state index in [0.29, 0.717) is 35.3 Å². The van der Waals surface area contributed by atoms with Gasteiger partial charge in [-0.3, -0.25) is 24.8 Å². The van der Waals surface area contributed by atoms with Crippen LogP contribution in [0.1, 0.15) is 90.5 Å². The number of amides is 1. The van der Waals surface area contributed by atoms with Gasteiger partial charge >= 0.3 is 5.69 Å². The predicted molar refractivity (Wildman–Crippen MR) is 243 cm³/mol. The number of piperidine rings is 1. The first-order chi connectivity index (χ1) is 31.6. The number of anilines is 2. The van der Waals surface area contributed by atoms with Crippen molar-refractivity contribution in [1.29, 1.82) is 0 Å². The van der Waals surface area contributed by atoms with Crippen LogP contribution in [-0.4, -0.2) is 82.4 Å². The van der Waals surface area contributed by atoms with E-state index in [1.165, 1.54) is 44.7 Å². The van der Waals surface area contributed by atoms with Gasteiger partial charge in [0.1, 0.15) is 23.8 Å². The summed E-state index contributed by atoms with van der Waals surface area (Å²) in [6, 6.07) is 24.9. The second-order valence-corrected chi connectivity index (χ2v) is 19.9. The van der Waals surface area contributed by atoms with Crippen LogP contribution in [0.2, 0.25) is 0 Å². The quantitative estimate of drug-likeness (QED) is 0.0789. The van der Waals surface area contributed by atoms with Crippen molar-refractivity contribution in [2.75, 3.05) is 36.5 Å². The molecule has 17 heteroatoms. The lowest BCUT2D eigenvalue weighted by Gasteiger charge is -2.56. The predicted octanol–water partition coefficient (Wildman–Crippen LogP) is 8.05. The standard InChI is InChI=1S/C48H49N9O7S/c58-46(54-65(61,62)43-25-41(57(59)60)44-47(53-43)63-29-33(52-44)23-32-6-3-4-17-49-32)39-13-12-34(24-42(39)64-36-22-31-14-18-50-45(31)51-28-36)55-20-15-48(16-21-55)26-35(27-48)56-19-5-9-40(56)38-8-2-1-7-37(38)30-10-11-30/h1-4,6-8,12-14,17-18,22,24-25,28,30,33,35,40,52H,5,9-11,15-16,19-21,23,26-27,29H2,(H,50,51)(H,54,58)/t33-,40+/m0/s1. The van der Waals surface area contributed by atoms with Gasteiger partial charge in [0.05, 0.1) is 28.8 Å². The Labute approximate surface area is 376 Å². The van der Waals surface area contributed by atoms with Gasteiger partial charge in [0.2, 0.25) is 5.88 Å². The van der Waals surface area contributed by atoms with Crippen LogP contribution in [0.25, 0.3) is 11.0 Å². The van der Waals surface area contributed by atoms with Gasteiger partial charge in [-0.2, -0.15) is 13.4 Å². The molecule has 334 valence electrons. The number of nitrogens with one attached hydrogen (secondary N) is 3. The van der Waals surface area contributed by atoms with Gasteiger partial charge in [-0.05, 0) is 117 Å². The van der Waals surface area contributed by atoms with Crippen LogP contribution < -0.4 is 24.4 Å². The van der Waals surface area contributed by atoms with Crippen molar-refractivity contribution in [3.05, 3.63) is 130 Å². The SMILES string of the molecule is O=C(NS(=O)(=O)c1cc([N+](=O)[O-])c2c(n1)OC[C@H](Cc1ccccn1)N2)c1ccc(N2CCC3(CC2)CC(N2CCC[C@@H]2c2ccccc2C2CC2)C3)cc1Oc1cnc2[nH]ccc2c1. The van der Waals surface area contributed by atoms with Crippen molar-refractivity contribution in [2.45, 2.75) is 86.9 Å². The monoisotopic (exact) mass is 895 g/mol. The van der Waals surface area contributed by atoms with Crippen LogP contribution in [0.15, 0.2) is 102 Å². The summed E-state index contributed by atoms with van der Waals surface area (Å²) in [7, 11) is -4.76. The maximum atomic E-state index is 14.0. The normalized spacial score (nSPS) is 20.7. The van der Waals surface area contributed by atoms with Gasteiger partial charge in [0.15, 0.2) is 10.7 Å². The highest BCUT2D eigenvalue weighted by molar-refractivity contribution is 7.90. The zero-order chi connectivity index (χ0) is 44.3. The van der Waals surface area contributed by atoms with Gasteiger partial charge < -0.3 is 24.7 Å². The molecule has 0 radical (unpaired) electrons. The maximum absolute atomic E-state index is 14.0. The molecule has 2 saturated heterocycles. The topological polar surface area (TPSA) is 198 Å². The number of ether oxygens (including phenoxy) is 2. The minimum absolute atomic E-state index is 0.0490. The third-order valence-corrected chi connectivity index (χ3v) is 15.3. The summed E-state index contributed by atoms with van der Waals surface area (Å²) in [5, 5.41) is 15.4. The number of hydrogen-bond donors (Lipinski definition) is 3. The van der Waals surface area contributed by atoms with E-state index in [-0.39, 0.29) is 35.5 Å². The molecule has 4 aromatic heterocycles. The molecule has 3 N–H and O–H groups in total. The van der Waals surface area contributed by atoms with E-state index in [1.807, 2.05) is 18.2 Å². The molecule has 7 heterocycles. The zero-order valence-electron chi connectivity index (χ0n) is 35.7. The fourth-order valence-corrected chi connectivity index (χ4v) is 11.5. The number of pyridine rings is 3. The number of aromatic nitrogens is 4. The fourth-order valence-electron chi connectivity index (χ4n) is 10.6. The average molecular weight is 896 g/mol. The van der Waals surface area contributed by atoms with Crippen LogP contribution in [0.5, 0.6) is 17.4 Å². The molecule has 3 aliphatic heterocycles. The number of hydrogen-bond acceptors (Lipinski definition) is 13. The van der Waals surface area contributed by atoms with E-state index in [4.69, 9.17) is 9.47 Å². The van der Waals surface area contributed by atoms with Gasteiger partial charge in [-0.1, -0.05) is 30.3 Å². The smallest absolute Gasteiger partial charge is 0.300 e. The van der Waals surface area contributed by atoms with Crippen molar-refractivity contribution < 1.29 is 27.6 Å². The maximum Gasteiger partial charge on any atom is 0.300 e. The number of rotatable bonds is 12. The minimum Gasteiger partial charge on any atom is -0.474 e. The molecule has 1 amide bonds. The van der Waals surface area contributed by atoms with E-state index < -0.39 is 31.6 Å². The summed E-state index contributed by atoms with van der Waals surface area (Å²) in [6.45, 7) is 2.88. The van der Waals surface area contributed by atoms with Gasteiger partial charge in [0, 0.05) is 66.8 Å². The number of carbonyl (C=O) groups is 1. The second-order valence-electron chi connectivity index (χ2n) is 18.2. The summed E-state index contributed by atoms with van der Waals surface area (Å²) in [6.07, 6.45) is 15.0. The first kappa shape index (κ1) is 41.1. The van der Waals surface area contributed by atoms with Crippen molar-refractivity contribution in [3.8, 4) is 17.4 Å². The van der Waals surface area contributed by atoms with Crippen molar-refractivity contribution >= 4 is 44.0 Å². The first-order valence-corrected chi connectivity index (χ1v) is 24.0. The summed E-state index contributed by atoms with van der Waals surface area (Å²) in [5.41, 5.74) is 4.99. The molecule has 2 saturated carbocycles. The Morgan fingerprint density at radius 1 is 0.969 bits per heavy atom. The number of carbonyl (C=O) groups excluding carboxylic acids is 1. The van der Waals surface area contributed by atoms with Crippen molar-refractivity contribution in [2.24, 2.45) is 5.41 Å². The van der Waals surface area contributed by atoms with Crippen molar-refractivity contribution in [1.82, 2.24) is 29.6 Å². The van der Waals surface area contributed by atoms with Gasteiger partial charge in [0.25, 0.3) is 15.9 Å². The Bertz CT molecular complexity index is 2910. The van der Waals surface area contributed by atoms with E-state index in [9.17, 15) is 23.3 Å². The Morgan fingerprint density at radius 2 is 1.78 bits per heavy atom. The van der Waals surface area contributed by atoms with Crippen LogP contribution in [0.4, 0.5) is 17.1 Å². The molecule has 0 unspecified atom stereocenters. The Hall–Kier alpha value is -6.59. The first-order valence-electron chi connectivity index (χ1n) is 22.5. The Morgan fingerprint density at radius 3 is 2.57 bits per heavy atom. The van der Waals surface area contributed by atoms with Crippen LogP contribution in [-0.2, 0) is 16.4 Å². The zero-order valence-corrected chi connectivity index (χ0v) is 36.5. The number of aromatic amines is 1. The van der Waals surface area contributed by atoms with E-state index in [1.54, 1.807) is 53.9 Å². The van der Waals surface area contributed by atoms with E-state index in [0.717, 1.165) is 61.2 Å². The summed E-state index contributed by atoms with van der Waals surface area (Å²) >= 11 is 0. The summed E-state index contributed by atoms with van der Waals surface area (Å²) in [4.78, 5) is 46.6. The van der Waals surface area contributed by atoms with E-state index >= 15 is 0 Å². The minimum atomic E-state index is -4.76. The summed E-state index contributed by atoms with van der Waals surface area (Å²) < 4.78 is 41.9. The van der Waals surface area contributed by atoms with Crippen LogP contribution >= 0.6 is 0 Å². The molecule has 5 aliphatic rings. The lowest BCUT2D eigenvalue weighted by atomic mass is 9.59. The molecule has 11 rings (SSSR count). The molecule has 6 aromatic rings. The third-order valence-electron chi connectivity index (χ3n) is 14.1. The number of nitrogens with zero attached hydrogens (tertiary/aromatic N) is 6. The third kappa shape index (κ3) is 8.11. The number of H-pyrrole nitrogens is 1. The fraction of sp³-hybridized carbons (Fsp3) is 0.375. The highest BCUT2D eigenvalue weighted by Gasteiger charge is 2.50. The average Bonchev–Trinajstić information content (AvgIpc) is 3.85. The molecule has 0 bridgehead atoms. The molecule has 16 nitrogen and oxygen atoms in total. The molecular formula is C48H49N9O7S. The Kier molecular flexibility index (Phi) is 10.4. The lowest BCUT2D eigenvalue weighted by Crippen LogP contribution is -2.54. The molecular weight excluding hydrogens is 847 g/mol. The molecule has 2 aromatic carbocycles. The van der Waals surface area contributed by atoms with E-state index in [2.05, 4.69) is 64.0 Å². The molecule has 2 atom stereocenters. The van der Waals surface area contributed by atoms with Gasteiger partial charge in [-0.25, -0.2) is 9.71 Å². The molecule has 65 heavy (non-hydrogen) atoms. The number of fused-ring (bicyclic) bond motifs is 2. The summed E-state index contributed by atoms with van der Waals surface area (Å²) in [5.74, 6) is -0.0548. The number of benzene rings is 2. The lowest BCUT2D eigenvalue weighted by molar-refractivity contribution is -0.384. The number of sulfonamides is 1.